The molecule has 0 radical (unpaired) electrons. The Morgan fingerprint density at radius 2 is 2.12 bits per heavy atom. The fourth-order valence-corrected chi connectivity index (χ4v) is 2.88. The number of hydrogen-bond donors (Lipinski definition) is 2. The fourth-order valence-electron chi connectivity index (χ4n) is 2.88. The standard InChI is InChI=1S/C18H17F3N2O2/c1-4-11(18(19,20)21)7-14-10(3)22-17(23-14)16-9(2)13-8-12(24)5-6-15(13)25-16/h4-9,16,24H,1H2,2-3H3,(H,22,23)/b11-7+. The first-order valence-corrected chi connectivity index (χ1v) is 7.68. The number of nitrogens with one attached hydrogen (secondary N) is 1. The van der Waals surface area contributed by atoms with Crippen LogP contribution in [0, 0.1) is 6.92 Å². The Morgan fingerprint density at radius 1 is 1.40 bits per heavy atom. The number of alkyl halides is 3. The maximum absolute atomic E-state index is 12.9. The van der Waals surface area contributed by atoms with Crippen LogP contribution in [0.2, 0.25) is 0 Å². The number of aromatic hydroxyl groups is 1. The Kier molecular flexibility index (Phi) is 4.10. The zero-order valence-electron chi connectivity index (χ0n) is 13.7. The van der Waals surface area contributed by atoms with Crippen LogP contribution in [0.4, 0.5) is 13.2 Å². The van der Waals surface area contributed by atoms with Crippen molar-refractivity contribution >= 4 is 6.08 Å². The average Bonchev–Trinajstić information content (AvgIpc) is 3.04. The van der Waals surface area contributed by atoms with E-state index in [1.54, 1.807) is 19.1 Å². The Labute approximate surface area is 142 Å². The van der Waals surface area contributed by atoms with Crippen LogP contribution in [-0.2, 0) is 0 Å². The summed E-state index contributed by atoms with van der Waals surface area (Å²) in [5, 5.41) is 9.62. The molecule has 0 spiro atoms. The highest BCUT2D eigenvalue weighted by Gasteiger charge is 2.35. The van der Waals surface area contributed by atoms with Gasteiger partial charge in [-0.15, -0.1) is 0 Å². The fraction of sp³-hybridized carbons (Fsp3) is 0.278. The van der Waals surface area contributed by atoms with E-state index in [2.05, 4.69) is 16.5 Å². The number of aromatic amines is 1. The Bertz CT molecular complexity index is 852. The summed E-state index contributed by atoms with van der Waals surface area (Å²) in [4.78, 5) is 7.25. The van der Waals surface area contributed by atoms with Gasteiger partial charge in [-0.2, -0.15) is 13.2 Å². The van der Waals surface area contributed by atoms with E-state index in [9.17, 15) is 18.3 Å². The van der Waals surface area contributed by atoms with Gasteiger partial charge in [0.25, 0.3) is 0 Å². The van der Waals surface area contributed by atoms with Gasteiger partial charge in [0.2, 0.25) is 0 Å². The third-order valence-electron chi connectivity index (χ3n) is 4.25. The van der Waals surface area contributed by atoms with Crippen molar-refractivity contribution in [3.63, 3.8) is 0 Å². The molecule has 0 amide bonds. The number of H-pyrrole nitrogens is 1. The van der Waals surface area contributed by atoms with Gasteiger partial charge in [-0.1, -0.05) is 19.6 Å². The van der Waals surface area contributed by atoms with Crippen LogP contribution < -0.4 is 4.74 Å². The highest BCUT2D eigenvalue weighted by atomic mass is 19.4. The molecule has 25 heavy (non-hydrogen) atoms. The molecular formula is C18H17F3N2O2. The van der Waals surface area contributed by atoms with Crippen molar-refractivity contribution in [2.45, 2.75) is 32.0 Å². The quantitative estimate of drug-likeness (QED) is 0.782. The maximum Gasteiger partial charge on any atom is 0.416 e. The molecule has 0 bridgehead atoms. The molecule has 1 aromatic carbocycles. The Balaban J connectivity index is 1.94. The molecule has 1 aliphatic rings. The lowest BCUT2D eigenvalue weighted by atomic mass is 9.97. The van der Waals surface area contributed by atoms with E-state index in [-0.39, 0.29) is 17.4 Å². The molecule has 0 saturated carbocycles. The number of aromatic nitrogens is 2. The summed E-state index contributed by atoms with van der Waals surface area (Å²) in [7, 11) is 0. The average molecular weight is 350 g/mol. The van der Waals surface area contributed by atoms with Crippen LogP contribution in [0.15, 0.2) is 36.4 Å². The topological polar surface area (TPSA) is 58.1 Å². The molecule has 0 saturated heterocycles. The second-order valence-corrected chi connectivity index (χ2v) is 5.97. The van der Waals surface area contributed by atoms with E-state index in [1.807, 2.05) is 6.92 Å². The van der Waals surface area contributed by atoms with E-state index in [0.717, 1.165) is 17.7 Å². The SMILES string of the molecule is C=C/C(=C\c1[nH]c(C2Oc3ccc(O)cc3C2C)nc1C)C(F)(F)F. The van der Waals surface area contributed by atoms with Crippen LogP contribution in [0.1, 0.15) is 41.7 Å². The molecule has 2 atom stereocenters. The lowest BCUT2D eigenvalue weighted by Gasteiger charge is -2.12. The van der Waals surface area contributed by atoms with E-state index in [1.165, 1.54) is 6.07 Å². The minimum Gasteiger partial charge on any atom is -0.508 e. The van der Waals surface area contributed by atoms with Gasteiger partial charge in [0.1, 0.15) is 17.3 Å². The third kappa shape index (κ3) is 3.14. The zero-order chi connectivity index (χ0) is 18.4. The van der Waals surface area contributed by atoms with E-state index in [0.29, 0.717) is 17.3 Å². The molecule has 1 aromatic heterocycles. The first-order chi connectivity index (χ1) is 11.7. The lowest BCUT2D eigenvalue weighted by Crippen LogP contribution is -2.10. The van der Waals surface area contributed by atoms with Crippen molar-refractivity contribution in [2.24, 2.45) is 0 Å². The summed E-state index contributed by atoms with van der Waals surface area (Å²) in [5.41, 5.74) is 0.683. The number of halogens is 3. The van der Waals surface area contributed by atoms with Crippen LogP contribution >= 0.6 is 0 Å². The molecule has 2 unspecified atom stereocenters. The molecule has 132 valence electrons. The second-order valence-electron chi connectivity index (χ2n) is 5.97. The molecule has 3 rings (SSSR count). The van der Waals surface area contributed by atoms with Crippen molar-refractivity contribution in [3.05, 3.63) is 59.2 Å². The van der Waals surface area contributed by atoms with Crippen LogP contribution in [0.25, 0.3) is 6.08 Å². The molecule has 4 nitrogen and oxygen atoms in total. The number of hydrogen-bond acceptors (Lipinski definition) is 3. The third-order valence-corrected chi connectivity index (χ3v) is 4.25. The highest BCUT2D eigenvalue weighted by Crippen LogP contribution is 2.46. The molecule has 2 heterocycles. The van der Waals surface area contributed by atoms with Gasteiger partial charge in [0, 0.05) is 11.5 Å². The van der Waals surface area contributed by atoms with Crippen LogP contribution in [0.3, 0.4) is 0 Å². The number of fused-ring (bicyclic) bond motifs is 1. The number of imidazole rings is 1. The monoisotopic (exact) mass is 350 g/mol. The molecule has 2 N–H and O–H groups in total. The van der Waals surface area contributed by atoms with Gasteiger partial charge in [-0.05, 0) is 31.2 Å². The molecule has 7 heteroatoms. The van der Waals surface area contributed by atoms with E-state index >= 15 is 0 Å². The summed E-state index contributed by atoms with van der Waals surface area (Å²) in [5.74, 6) is 1.10. The minimum absolute atomic E-state index is 0.106. The van der Waals surface area contributed by atoms with E-state index < -0.39 is 17.9 Å². The zero-order valence-corrected chi connectivity index (χ0v) is 13.7. The Morgan fingerprint density at radius 3 is 2.76 bits per heavy atom. The summed E-state index contributed by atoms with van der Waals surface area (Å²) < 4.78 is 44.6. The maximum atomic E-state index is 12.9. The predicted molar refractivity (Wildman–Crippen MR) is 87.4 cm³/mol. The van der Waals surface area contributed by atoms with Crippen molar-refractivity contribution in [1.82, 2.24) is 9.97 Å². The number of nitrogens with zero attached hydrogens (tertiary/aromatic N) is 1. The summed E-state index contributed by atoms with van der Waals surface area (Å²) >= 11 is 0. The van der Waals surface area contributed by atoms with Gasteiger partial charge >= 0.3 is 6.18 Å². The van der Waals surface area contributed by atoms with Crippen molar-refractivity contribution in [2.75, 3.05) is 0 Å². The second kappa shape index (κ2) is 5.98. The van der Waals surface area contributed by atoms with Gasteiger partial charge in [0.05, 0.1) is 17.0 Å². The van der Waals surface area contributed by atoms with Crippen LogP contribution in [0.5, 0.6) is 11.5 Å². The molecule has 0 fully saturated rings. The number of aryl methyl sites for hydroxylation is 1. The van der Waals surface area contributed by atoms with Crippen molar-refractivity contribution in [1.29, 1.82) is 0 Å². The number of benzene rings is 1. The predicted octanol–water partition coefficient (Wildman–Crippen LogP) is 4.79. The van der Waals surface area contributed by atoms with Gasteiger partial charge in [-0.3, -0.25) is 0 Å². The summed E-state index contributed by atoms with van der Waals surface area (Å²) in [6.07, 6.45) is -3.19. The number of allylic oxidation sites excluding steroid dienone is 2. The molecule has 0 aliphatic carbocycles. The van der Waals surface area contributed by atoms with E-state index in [4.69, 9.17) is 4.74 Å². The van der Waals surface area contributed by atoms with Gasteiger partial charge in [-0.25, -0.2) is 4.98 Å². The smallest absolute Gasteiger partial charge is 0.416 e. The summed E-state index contributed by atoms with van der Waals surface area (Å²) in [6.45, 7) is 6.75. The highest BCUT2D eigenvalue weighted by molar-refractivity contribution is 5.56. The van der Waals surface area contributed by atoms with Gasteiger partial charge in [0.15, 0.2) is 6.10 Å². The summed E-state index contributed by atoms with van der Waals surface area (Å²) in [6, 6.07) is 4.81. The first kappa shape index (κ1) is 17.1. The minimum atomic E-state index is -4.48. The number of rotatable bonds is 3. The number of phenols is 1. The normalized spacial score (nSPS) is 20.3. The van der Waals surface area contributed by atoms with Crippen molar-refractivity contribution in [3.8, 4) is 11.5 Å². The van der Waals surface area contributed by atoms with Crippen molar-refractivity contribution < 1.29 is 23.0 Å². The largest absolute Gasteiger partial charge is 0.508 e. The number of ether oxygens (including phenoxy) is 1. The first-order valence-electron chi connectivity index (χ1n) is 7.68. The Hall–Kier alpha value is -2.70. The molecular weight excluding hydrogens is 333 g/mol. The molecule has 1 aliphatic heterocycles. The number of phenolic OH excluding ortho intramolecular Hbond substituents is 1. The van der Waals surface area contributed by atoms with Gasteiger partial charge < -0.3 is 14.8 Å². The lowest BCUT2D eigenvalue weighted by molar-refractivity contribution is -0.0872. The molecule has 2 aromatic rings. The van der Waals surface area contributed by atoms with Crippen LogP contribution in [-0.4, -0.2) is 21.3 Å².